The van der Waals surface area contributed by atoms with Gasteiger partial charge in [-0.2, -0.15) is 0 Å². The summed E-state index contributed by atoms with van der Waals surface area (Å²) in [5.41, 5.74) is 0.598. The summed E-state index contributed by atoms with van der Waals surface area (Å²) in [6.45, 7) is 3.51. The zero-order chi connectivity index (χ0) is 19.1. The Morgan fingerprint density at radius 3 is 2.31 bits per heavy atom. The van der Waals surface area contributed by atoms with Gasteiger partial charge in [0, 0.05) is 6.54 Å². The predicted octanol–water partition coefficient (Wildman–Crippen LogP) is 2.02. The molecule has 2 aromatic rings. The summed E-state index contributed by atoms with van der Waals surface area (Å²) in [4.78, 5) is 36.1. The number of hydrogen-bond acceptors (Lipinski definition) is 4. The van der Waals surface area contributed by atoms with Gasteiger partial charge in [0.05, 0.1) is 12.2 Å². The highest BCUT2D eigenvalue weighted by molar-refractivity contribution is 5.95. The number of rotatable bonds is 8. The van der Waals surface area contributed by atoms with Gasteiger partial charge in [-0.05, 0) is 23.6 Å². The van der Waals surface area contributed by atoms with Crippen LogP contribution in [0.3, 0.4) is 0 Å². The monoisotopic (exact) mass is 358 g/mol. The van der Waals surface area contributed by atoms with Crippen LogP contribution in [0.5, 0.6) is 0 Å². The van der Waals surface area contributed by atoms with Gasteiger partial charge in [0.25, 0.3) is 5.91 Å². The number of carbonyl (C=O) groups excluding carboxylic acids is 2. The molecule has 0 aliphatic carbocycles. The fourth-order valence-corrected chi connectivity index (χ4v) is 2.50. The van der Waals surface area contributed by atoms with E-state index in [4.69, 9.17) is 4.42 Å². The number of benzene rings is 1. The van der Waals surface area contributed by atoms with Crippen LogP contribution < -0.4 is 10.6 Å². The van der Waals surface area contributed by atoms with Crippen molar-refractivity contribution in [3.8, 4) is 0 Å². The summed E-state index contributed by atoms with van der Waals surface area (Å²) >= 11 is 0. The maximum absolute atomic E-state index is 12.5. The minimum atomic E-state index is -1.03. The van der Waals surface area contributed by atoms with Crippen LogP contribution in [-0.4, -0.2) is 35.5 Å². The first-order valence-corrected chi connectivity index (χ1v) is 8.30. The van der Waals surface area contributed by atoms with Gasteiger partial charge in [0.15, 0.2) is 5.76 Å². The van der Waals surface area contributed by atoms with Crippen LogP contribution in [-0.2, 0) is 9.59 Å². The maximum atomic E-state index is 12.5. The molecule has 0 aliphatic heterocycles. The molecule has 1 heterocycles. The van der Waals surface area contributed by atoms with Gasteiger partial charge in [-0.25, -0.2) is 0 Å². The Labute approximate surface area is 151 Å². The zero-order valence-corrected chi connectivity index (χ0v) is 14.6. The lowest BCUT2D eigenvalue weighted by Gasteiger charge is -2.22. The van der Waals surface area contributed by atoms with Gasteiger partial charge in [-0.3, -0.25) is 14.4 Å². The van der Waals surface area contributed by atoms with Crippen molar-refractivity contribution in [3.63, 3.8) is 0 Å². The third-order valence-electron chi connectivity index (χ3n) is 3.96. The van der Waals surface area contributed by atoms with E-state index in [0.717, 1.165) is 0 Å². The summed E-state index contributed by atoms with van der Waals surface area (Å²) in [7, 11) is 0. The number of furan rings is 1. The first-order valence-electron chi connectivity index (χ1n) is 8.30. The van der Waals surface area contributed by atoms with Crippen molar-refractivity contribution >= 4 is 17.8 Å². The van der Waals surface area contributed by atoms with E-state index in [9.17, 15) is 19.5 Å². The maximum Gasteiger partial charge on any atom is 0.312 e. The van der Waals surface area contributed by atoms with E-state index in [1.165, 1.54) is 12.3 Å². The summed E-state index contributed by atoms with van der Waals surface area (Å²) in [6.07, 6.45) is 1.37. The Kier molecular flexibility index (Phi) is 6.54. The van der Waals surface area contributed by atoms with Gasteiger partial charge in [0.2, 0.25) is 5.91 Å². The van der Waals surface area contributed by atoms with E-state index in [2.05, 4.69) is 10.6 Å². The predicted molar refractivity (Wildman–Crippen MR) is 94.6 cm³/mol. The average molecular weight is 358 g/mol. The second-order valence-electron chi connectivity index (χ2n) is 6.22. The van der Waals surface area contributed by atoms with E-state index in [-0.39, 0.29) is 18.2 Å². The third-order valence-corrected chi connectivity index (χ3v) is 3.96. The molecule has 0 fully saturated rings. The summed E-state index contributed by atoms with van der Waals surface area (Å²) < 4.78 is 5.02. The minimum Gasteiger partial charge on any atom is -0.481 e. The van der Waals surface area contributed by atoms with Crippen molar-refractivity contribution in [3.05, 3.63) is 60.1 Å². The van der Waals surface area contributed by atoms with Crippen molar-refractivity contribution in [2.45, 2.75) is 25.8 Å². The van der Waals surface area contributed by atoms with E-state index in [1.807, 2.05) is 0 Å². The lowest BCUT2D eigenvalue weighted by molar-refractivity contribution is -0.138. The Morgan fingerprint density at radius 1 is 1.08 bits per heavy atom. The molecular weight excluding hydrogens is 336 g/mol. The number of carboxylic acid groups (broad SMARTS) is 1. The highest BCUT2D eigenvalue weighted by Crippen LogP contribution is 2.15. The van der Waals surface area contributed by atoms with Crippen molar-refractivity contribution in [1.82, 2.24) is 10.6 Å². The van der Waals surface area contributed by atoms with Crippen molar-refractivity contribution < 1.29 is 23.9 Å². The Morgan fingerprint density at radius 2 is 1.77 bits per heavy atom. The molecular formula is C19H22N2O5. The van der Waals surface area contributed by atoms with Crippen LogP contribution in [0.15, 0.2) is 53.1 Å². The molecule has 0 bridgehead atoms. The van der Waals surface area contributed by atoms with Crippen LogP contribution in [0, 0.1) is 5.92 Å². The first-order chi connectivity index (χ1) is 12.4. The van der Waals surface area contributed by atoms with Gasteiger partial charge in [0.1, 0.15) is 6.04 Å². The molecule has 0 radical (unpaired) electrons. The number of carbonyl (C=O) groups is 3. The van der Waals surface area contributed by atoms with Crippen molar-refractivity contribution in [2.24, 2.45) is 5.92 Å². The van der Waals surface area contributed by atoms with Gasteiger partial charge < -0.3 is 20.2 Å². The molecule has 0 saturated heterocycles. The quantitative estimate of drug-likeness (QED) is 0.669. The first kappa shape index (κ1) is 19.2. The van der Waals surface area contributed by atoms with E-state index < -0.39 is 29.7 Å². The molecule has 2 amide bonds. The van der Waals surface area contributed by atoms with Crippen LogP contribution in [0.25, 0.3) is 0 Å². The molecule has 26 heavy (non-hydrogen) atoms. The highest BCUT2D eigenvalue weighted by Gasteiger charge is 2.27. The lowest BCUT2D eigenvalue weighted by atomic mass is 9.98. The second-order valence-corrected chi connectivity index (χ2v) is 6.22. The molecule has 138 valence electrons. The number of nitrogens with one attached hydrogen (secondary N) is 2. The molecule has 1 aromatic heterocycles. The summed E-state index contributed by atoms with van der Waals surface area (Å²) in [5.74, 6) is -2.92. The van der Waals surface area contributed by atoms with Crippen molar-refractivity contribution in [1.29, 1.82) is 0 Å². The molecule has 7 nitrogen and oxygen atoms in total. The van der Waals surface area contributed by atoms with Gasteiger partial charge >= 0.3 is 5.97 Å². The minimum absolute atomic E-state index is 0.0714. The molecule has 0 aliphatic rings. The Bertz CT molecular complexity index is 741. The number of hydrogen-bond donors (Lipinski definition) is 3. The smallest absolute Gasteiger partial charge is 0.312 e. The molecule has 2 atom stereocenters. The average Bonchev–Trinajstić information content (AvgIpc) is 3.14. The van der Waals surface area contributed by atoms with Crippen LogP contribution in [0.4, 0.5) is 0 Å². The Hall–Kier alpha value is -3.09. The van der Waals surface area contributed by atoms with E-state index in [0.29, 0.717) is 5.56 Å². The van der Waals surface area contributed by atoms with Crippen LogP contribution in [0.1, 0.15) is 35.9 Å². The van der Waals surface area contributed by atoms with Crippen molar-refractivity contribution in [2.75, 3.05) is 6.54 Å². The van der Waals surface area contributed by atoms with E-state index in [1.54, 1.807) is 50.2 Å². The zero-order valence-electron chi connectivity index (χ0n) is 14.6. The molecule has 0 saturated carbocycles. The third kappa shape index (κ3) is 4.95. The lowest BCUT2D eigenvalue weighted by Crippen LogP contribution is -2.50. The summed E-state index contributed by atoms with van der Waals surface area (Å²) in [6, 6.07) is 10.9. The molecule has 7 heteroatoms. The molecule has 1 aromatic carbocycles. The normalized spacial score (nSPS) is 13.0. The molecule has 3 N–H and O–H groups in total. The number of carboxylic acids is 1. The molecule has 2 unspecified atom stereocenters. The molecule has 2 rings (SSSR count). The number of amides is 2. The van der Waals surface area contributed by atoms with Crippen LogP contribution in [0.2, 0.25) is 0 Å². The van der Waals surface area contributed by atoms with Gasteiger partial charge in [-0.1, -0.05) is 44.2 Å². The SMILES string of the molecule is CC(C)C(NC(=O)c1ccco1)C(=O)NCC(C(=O)O)c1ccccc1. The van der Waals surface area contributed by atoms with Crippen LogP contribution >= 0.6 is 0 Å². The highest BCUT2D eigenvalue weighted by atomic mass is 16.4. The summed E-state index contributed by atoms with van der Waals surface area (Å²) in [5, 5.41) is 14.7. The molecule has 0 spiro atoms. The number of aliphatic carboxylic acids is 1. The fourth-order valence-electron chi connectivity index (χ4n) is 2.50. The van der Waals surface area contributed by atoms with E-state index >= 15 is 0 Å². The fraction of sp³-hybridized carbons (Fsp3) is 0.316. The Balaban J connectivity index is 2.02. The second kappa shape index (κ2) is 8.84. The van der Waals surface area contributed by atoms with Gasteiger partial charge in [-0.15, -0.1) is 0 Å². The topological polar surface area (TPSA) is 109 Å². The standard InChI is InChI=1S/C19H22N2O5/c1-12(2)16(21-17(22)15-9-6-10-26-15)18(23)20-11-14(19(24)25)13-7-4-3-5-8-13/h3-10,12,14,16H,11H2,1-2H3,(H,20,23)(H,21,22)(H,24,25). The largest absolute Gasteiger partial charge is 0.481 e.